The van der Waals surface area contributed by atoms with Crippen molar-refractivity contribution in [2.45, 2.75) is 32.7 Å². The van der Waals surface area contributed by atoms with E-state index in [9.17, 15) is 5.21 Å². The van der Waals surface area contributed by atoms with Crippen LogP contribution in [0.3, 0.4) is 0 Å². The molecule has 3 heteroatoms. The van der Waals surface area contributed by atoms with Gasteiger partial charge in [0.25, 0.3) is 0 Å². The first-order chi connectivity index (χ1) is 4.23. The molecule has 0 aromatic rings. The Labute approximate surface area is 68.8 Å². The Morgan fingerprint density at radius 1 is 1.50 bits per heavy atom. The molecule has 1 fully saturated rings. The van der Waals surface area contributed by atoms with Gasteiger partial charge >= 0.3 is 0 Å². The fourth-order valence-electron chi connectivity index (χ4n) is 1.57. The standard InChI is InChI=1S/C7H16NO.ClH/c1-3-7-5-6-8(7,9)4-2;/h7,9H,3-6H2,1-2H3;1H/q+1;/p-1. The van der Waals surface area contributed by atoms with Crippen molar-refractivity contribution in [3.8, 4) is 0 Å². The molecule has 1 aliphatic heterocycles. The number of hydrogen-bond donors (Lipinski definition) is 1. The Kier molecular flexibility index (Phi) is 3.63. The minimum Gasteiger partial charge on any atom is -1.00 e. The van der Waals surface area contributed by atoms with Crippen molar-refractivity contribution >= 4 is 0 Å². The van der Waals surface area contributed by atoms with E-state index in [1.165, 1.54) is 6.42 Å². The Balaban J connectivity index is 0.000000810. The zero-order valence-corrected chi connectivity index (χ0v) is 7.43. The normalized spacial score (nSPS) is 38.1. The monoisotopic (exact) mass is 165 g/mol. The number of nitrogens with zero attached hydrogens (tertiary/aromatic N) is 1. The van der Waals surface area contributed by atoms with Gasteiger partial charge in [-0.1, -0.05) is 6.92 Å². The molecule has 0 aromatic heterocycles. The quantitative estimate of drug-likeness (QED) is 0.489. The third-order valence-electron chi connectivity index (χ3n) is 2.55. The van der Waals surface area contributed by atoms with Gasteiger partial charge < -0.3 is 12.4 Å². The van der Waals surface area contributed by atoms with Crippen LogP contribution in [0.2, 0.25) is 0 Å². The smallest absolute Gasteiger partial charge is 0.124 e. The summed E-state index contributed by atoms with van der Waals surface area (Å²) in [7, 11) is 0. The summed E-state index contributed by atoms with van der Waals surface area (Å²) in [5, 5.41) is 9.62. The van der Waals surface area contributed by atoms with Crippen LogP contribution in [0.5, 0.6) is 0 Å². The van der Waals surface area contributed by atoms with Crippen LogP contribution in [0, 0.1) is 0 Å². The van der Waals surface area contributed by atoms with Crippen molar-refractivity contribution < 1.29 is 22.3 Å². The number of halogens is 1. The van der Waals surface area contributed by atoms with Crippen molar-refractivity contribution in [2.24, 2.45) is 0 Å². The topological polar surface area (TPSA) is 20.2 Å². The van der Waals surface area contributed by atoms with E-state index >= 15 is 0 Å². The third kappa shape index (κ3) is 1.44. The fraction of sp³-hybridized carbons (Fsp3) is 1.00. The summed E-state index contributed by atoms with van der Waals surface area (Å²) in [6.45, 7) is 6.03. The summed E-state index contributed by atoms with van der Waals surface area (Å²) in [4.78, 5) is 0. The molecule has 1 aliphatic rings. The highest BCUT2D eigenvalue weighted by Gasteiger charge is 2.43. The molecule has 2 unspecified atom stereocenters. The Morgan fingerprint density at radius 2 is 2.10 bits per heavy atom. The molecule has 0 aliphatic carbocycles. The fourth-order valence-corrected chi connectivity index (χ4v) is 1.57. The van der Waals surface area contributed by atoms with E-state index in [1.54, 1.807) is 0 Å². The van der Waals surface area contributed by atoms with Gasteiger partial charge in [-0.15, -0.1) is 0 Å². The van der Waals surface area contributed by atoms with E-state index in [1.807, 2.05) is 6.92 Å². The van der Waals surface area contributed by atoms with Gasteiger partial charge in [-0.25, -0.2) is 5.21 Å². The van der Waals surface area contributed by atoms with E-state index in [-0.39, 0.29) is 12.4 Å². The molecule has 1 saturated heterocycles. The first-order valence-corrected chi connectivity index (χ1v) is 3.82. The van der Waals surface area contributed by atoms with E-state index in [0.29, 0.717) is 10.7 Å². The molecular formula is C7H16ClNO. The van der Waals surface area contributed by atoms with Crippen LogP contribution in [-0.4, -0.2) is 29.0 Å². The molecule has 0 saturated carbocycles. The molecule has 62 valence electrons. The minimum atomic E-state index is 0. The summed E-state index contributed by atoms with van der Waals surface area (Å²) in [6, 6.07) is 0.537. The van der Waals surface area contributed by atoms with E-state index < -0.39 is 0 Å². The zero-order valence-electron chi connectivity index (χ0n) is 6.68. The minimum absolute atomic E-state index is 0. The molecule has 1 heterocycles. The van der Waals surface area contributed by atoms with Crippen LogP contribution in [0.4, 0.5) is 0 Å². The average molecular weight is 166 g/mol. The molecule has 0 aromatic carbocycles. The molecule has 10 heavy (non-hydrogen) atoms. The highest BCUT2D eigenvalue weighted by Crippen LogP contribution is 2.26. The predicted octanol–water partition coefficient (Wildman–Crippen LogP) is -1.60. The van der Waals surface area contributed by atoms with Gasteiger partial charge in [0.05, 0.1) is 6.42 Å². The Bertz CT molecular complexity index is 104. The van der Waals surface area contributed by atoms with E-state index in [2.05, 4.69) is 6.92 Å². The maximum absolute atomic E-state index is 9.62. The van der Waals surface area contributed by atoms with Crippen LogP contribution in [0.1, 0.15) is 26.7 Å². The van der Waals surface area contributed by atoms with Crippen LogP contribution in [-0.2, 0) is 0 Å². The van der Waals surface area contributed by atoms with Crippen molar-refractivity contribution in [3.05, 3.63) is 0 Å². The lowest BCUT2D eigenvalue weighted by atomic mass is 10.00. The highest BCUT2D eigenvalue weighted by molar-refractivity contribution is 4.63. The molecule has 0 bridgehead atoms. The molecular weight excluding hydrogens is 150 g/mol. The van der Waals surface area contributed by atoms with Crippen molar-refractivity contribution in [1.29, 1.82) is 0 Å². The number of likely N-dealkylation sites (tertiary alicyclic amines) is 1. The first-order valence-electron chi connectivity index (χ1n) is 3.82. The Morgan fingerprint density at radius 3 is 2.20 bits per heavy atom. The molecule has 2 nitrogen and oxygen atoms in total. The van der Waals surface area contributed by atoms with Crippen LogP contribution in [0.15, 0.2) is 0 Å². The van der Waals surface area contributed by atoms with Crippen LogP contribution in [0.25, 0.3) is 0 Å². The van der Waals surface area contributed by atoms with Crippen molar-refractivity contribution in [3.63, 3.8) is 0 Å². The second kappa shape index (κ2) is 3.56. The summed E-state index contributed by atoms with van der Waals surface area (Å²) in [5.41, 5.74) is 0. The van der Waals surface area contributed by atoms with Gasteiger partial charge in [0.15, 0.2) is 0 Å². The molecule has 0 radical (unpaired) electrons. The highest BCUT2D eigenvalue weighted by atomic mass is 35.5. The maximum Gasteiger partial charge on any atom is 0.124 e. The number of rotatable bonds is 2. The summed E-state index contributed by atoms with van der Waals surface area (Å²) < 4.78 is 0.330. The van der Waals surface area contributed by atoms with E-state index in [4.69, 9.17) is 0 Å². The lowest BCUT2D eigenvalue weighted by molar-refractivity contribution is -1.15. The van der Waals surface area contributed by atoms with Gasteiger partial charge in [0, 0.05) is 0 Å². The summed E-state index contributed by atoms with van der Waals surface area (Å²) >= 11 is 0. The second-order valence-corrected chi connectivity index (χ2v) is 2.88. The van der Waals surface area contributed by atoms with Gasteiger partial charge in [-0.2, -0.15) is 4.65 Å². The van der Waals surface area contributed by atoms with Crippen LogP contribution >= 0.6 is 0 Å². The average Bonchev–Trinajstić information content (AvgIpc) is 1.85. The summed E-state index contributed by atoms with van der Waals surface area (Å²) in [6.07, 6.45) is 2.32. The van der Waals surface area contributed by atoms with Gasteiger partial charge in [-0.05, 0) is 13.3 Å². The number of quaternary nitrogens is 1. The molecule has 2 atom stereocenters. The first kappa shape index (κ1) is 10.2. The van der Waals surface area contributed by atoms with Crippen molar-refractivity contribution in [1.82, 2.24) is 0 Å². The molecule has 1 N–H and O–H groups in total. The van der Waals surface area contributed by atoms with Crippen LogP contribution < -0.4 is 12.4 Å². The lowest BCUT2D eigenvalue weighted by Gasteiger charge is -2.44. The molecule has 0 spiro atoms. The predicted molar refractivity (Wildman–Crippen MR) is 36.2 cm³/mol. The SMILES string of the molecule is CCC1CC[N+]1(O)CC.[Cl-]. The second-order valence-electron chi connectivity index (χ2n) is 2.88. The molecule has 0 amide bonds. The van der Waals surface area contributed by atoms with Gasteiger partial charge in [0.2, 0.25) is 0 Å². The third-order valence-corrected chi connectivity index (χ3v) is 2.55. The van der Waals surface area contributed by atoms with Gasteiger partial charge in [0.1, 0.15) is 19.1 Å². The largest absolute Gasteiger partial charge is 1.00 e. The Hall–Kier alpha value is 0.210. The lowest BCUT2D eigenvalue weighted by Crippen LogP contribution is -3.00. The number of hydrogen-bond acceptors (Lipinski definition) is 1. The van der Waals surface area contributed by atoms with Crippen molar-refractivity contribution in [2.75, 3.05) is 13.1 Å². The molecule has 1 rings (SSSR count). The van der Waals surface area contributed by atoms with E-state index in [0.717, 1.165) is 19.5 Å². The number of hydroxylamine groups is 3. The maximum atomic E-state index is 9.62. The zero-order chi connectivity index (χ0) is 6.91. The van der Waals surface area contributed by atoms with Gasteiger partial charge in [-0.3, -0.25) is 0 Å². The summed E-state index contributed by atoms with van der Waals surface area (Å²) in [5.74, 6) is 0.